The molecule has 1 N–H and O–H groups in total. The molecule has 9 heteroatoms. The number of hydrogen-bond donors (Lipinski definition) is 1. The summed E-state index contributed by atoms with van der Waals surface area (Å²) in [5.41, 5.74) is 0.669. The Morgan fingerprint density at radius 1 is 1.21 bits per heavy atom. The summed E-state index contributed by atoms with van der Waals surface area (Å²) in [6.07, 6.45) is 5.22. The second kappa shape index (κ2) is 10.8. The molecule has 6 atom stereocenters. The van der Waals surface area contributed by atoms with Crippen LogP contribution in [0.2, 0.25) is 0 Å². The predicted molar refractivity (Wildman–Crippen MR) is 150 cm³/mol. The van der Waals surface area contributed by atoms with Crippen LogP contribution in [-0.4, -0.2) is 88.1 Å². The molecular weight excluding hydrogens is 502 g/mol. The van der Waals surface area contributed by atoms with Crippen molar-refractivity contribution in [1.29, 1.82) is 0 Å². The zero-order valence-corrected chi connectivity index (χ0v) is 23.6. The normalized spacial score (nSPS) is 30.1. The van der Waals surface area contributed by atoms with Crippen LogP contribution in [0, 0.1) is 11.8 Å². The molecule has 0 aliphatic carbocycles. The molecule has 0 saturated carbocycles. The average molecular weight is 542 g/mol. The van der Waals surface area contributed by atoms with Gasteiger partial charge in [0.15, 0.2) is 0 Å². The minimum Gasteiger partial charge on any atom is -0.497 e. The third-order valence-electron chi connectivity index (χ3n) is 8.53. The highest BCUT2D eigenvalue weighted by Gasteiger charge is 2.78. The van der Waals surface area contributed by atoms with Crippen LogP contribution in [0.4, 0.5) is 5.69 Å². The van der Waals surface area contributed by atoms with E-state index in [-0.39, 0.29) is 30.9 Å². The largest absolute Gasteiger partial charge is 0.497 e. The lowest BCUT2D eigenvalue weighted by Gasteiger charge is -2.39. The number of aliphatic hydroxyl groups is 1. The highest BCUT2D eigenvalue weighted by molar-refractivity contribution is 8.02. The van der Waals surface area contributed by atoms with Crippen molar-refractivity contribution in [2.24, 2.45) is 11.8 Å². The molecule has 3 aliphatic heterocycles. The Hall–Kier alpha value is -2.78. The first-order valence-corrected chi connectivity index (χ1v) is 14.0. The van der Waals surface area contributed by atoms with Gasteiger partial charge in [-0.2, -0.15) is 0 Å². The first-order valence-electron chi connectivity index (χ1n) is 13.2. The number of aliphatic hydroxyl groups excluding tert-OH is 1. The SMILES string of the molecule is C=CCN(C)C(=O)[C@@H]1[C@H]2C(=O)N([C@@H](CC)CO)C(C(=O)N(CC=C)c3ccc(OC)cc3)C23CC[C@@]1(C)S3. The third kappa shape index (κ3) is 4.24. The number of likely N-dealkylation sites (tertiary alicyclic amines) is 1. The number of methoxy groups -OCH3 is 1. The van der Waals surface area contributed by atoms with E-state index in [0.29, 0.717) is 30.8 Å². The van der Waals surface area contributed by atoms with Crippen molar-refractivity contribution in [3.8, 4) is 5.75 Å². The molecule has 0 radical (unpaired) electrons. The fourth-order valence-electron chi connectivity index (χ4n) is 6.71. The van der Waals surface area contributed by atoms with E-state index in [1.54, 1.807) is 64.9 Å². The van der Waals surface area contributed by atoms with Crippen molar-refractivity contribution >= 4 is 35.2 Å². The summed E-state index contributed by atoms with van der Waals surface area (Å²) in [5.74, 6) is -1.04. The summed E-state index contributed by atoms with van der Waals surface area (Å²) in [5, 5.41) is 10.3. The average Bonchev–Trinajstić information content (AvgIpc) is 3.48. The first kappa shape index (κ1) is 28.2. The monoisotopic (exact) mass is 541 g/mol. The zero-order valence-electron chi connectivity index (χ0n) is 22.8. The Morgan fingerprint density at radius 2 is 1.87 bits per heavy atom. The van der Waals surface area contributed by atoms with Gasteiger partial charge < -0.3 is 24.5 Å². The van der Waals surface area contributed by atoms with Crippen molar-refractivity contribution < 1.29 is 24.2 Å². The predicted octanol–water partition coefficient (Wildman–Crippen LogP) is 3.11. The number of thioether (sulfide) groups is 1. The second-order valence-corrected chi connectivity index (χ2v) is 12.6. The molecule has 1 aromatic carbocycles. The van der Waals surface area contributed by atoms with Crippen LogP contribution in [0.1, 0.15) is 33.1 Å². The molecule has 3 aliphatic rings. The maximum atomic E-state index is 14.6. The fraction of sp³-hybridized carbons (Fsp3) is 0.552. The minimum absolute atomic E-state index is 0.0944. The van der Waals surface area contributed by atoms with Gasteiger partial charge in [0.25, 0.3) is 5.91 Å². The molecule has 38 heavy (non-hydrogen) atoms. The number of rotatable bonds is 11. The van der Waals surface area contributed by atoms with E-state index in [4.69, 9.17) is 4.74 Å². The van der Waals surface area contributed by atoms with Gasteiger partial charge in [0, 0.05) is 30.6 Å². The molecule has 2 bridgehead atoms. The van der Waals surface area contributed by atoms with Gasteiger partial charge in [0.05, 0.1) is 36.3 Å². The van der Waals surface area contributed by atoms with Crippen molar-refractivity contribution in [1.82, 2.24) is 9.80 Å². The maximum Gasteiger partial charge on any atom is 0.251 e. The van der Waals surface area contributed by atoms with Crippen molar-refractivity contribution in [3.05, 3.63) is 49.6 Å². The number of carbonyl (C=O) groups excluding carboxylic acids is 3. The number of nitrogens with zero attached hydrogens (tertiary/aromatic N) is 3. The van der Waals surface area contributed by atoms with Crippen LogP contribution in [0.5, 0.6) is 5.75 Å². The van der Waals surface area contributed by atoms with E-state index in [1.165, 1.54) is 0 Å². The first-order chi connectivity index (χ1) is 18.1. The summed E-state index contributed by atoms with van der Waals surface area (Å²) in [7, 11) is 3.32. The number of likely N-dealkylation sites (N-methyl/N-ethyl adjacent to an activating group) is 1. The summed E-state index contributed by atoms with van der Waals surface area (Å²) in [6.45, 7) is 12.0. The number of amides is 3. The molecule has 0 aromatic heterocycles. The number of hydrogen-bond acceptors (Lipinski definition) is 6. The molecule has 1 spiro atoms. The van der Waals surface area contributed by atoms with E-state index in [9.17, 15) is 19.5 Å². The molecule has 4 rings (SSSR count). The van der Waals surface area contributed by atoms with Crippen molar-refractivity contribution in [3.63, 3.8) is 0 Å². The molecule has 3 heterocycles. The lowest BCUT2D eigenvalue weighted by Crippen LogP contribution is -2.57. The maximum absolute atomic E-state index is 14.6. The second-order valence-electron chi connectivity index (χ2n) is 10.7. The lowest BCUT2D eigenvalue weighted by molar-refractivity contribution is -0.145. The minimum atomic E-state index is -0.812. The smallest absolute Gasteiger partial charge is 0.251 e. The number of anilines is 1. The van der Waals surface area contributed by atoms with Gasteiger partial charge >= 0.3 is 0 Å². The summed E-state index contributed by atoms with van der Waals surface area (Å²) >= 11 is 1.63. The molecule has 3 fully saturated rings. The third-order valence-corrected chi connectivity index (χ3v) is 10.5. The molecule has 1 aromatic rings. The molecular formula is C29H39N3O5S. The Morgan fingerprint density at radius 3 is 2.42 bits per heavy atom. The Balaban J connectivity index is 1.83. The van der Waals surface area contributed by atoms with Gasteiger partial charge in [0.1, 0.15) is 11.8 Å². The van der Waals surface area contributed by atoms with E-state index in [2.05, 4.69) is 20.1 Å². The zero-order chi connectivity index (χ0) is 27.8. The number of fused-ring (bicyclic) bond motifs is 1. The van der Waals surface area contributed by atoms with E-state index < -0.39 is 33.4 Å². The number of ether oxygens (including phenoxy) is 1. The van der Waals surface area contributed by atoms with Crippen LogP contribution in [0.3, 0.4) is 0 Å². The van der Waals surface area contributed by atoms with Gasteiger partial charge in [-0.1, -0.05) is 19.1 Å². The number of benzene rings is 1. The van der Waals surface area contributed by atoms with Gasteiger partial charge in [-0.15, -0.1) is 24.9 Å². The van der Waals surface area contributed by atoms with Crippen LogP contribution >= 0.6 is 11.8 Å². The summed E-state index contributed by atoms with van der Waals surface area (Å²) < 4.78 is 4.08. The lowest BCUT2D eigenvalue weighted by atomic mass is 9.66. The Labute approximate surface area is 229 Å². The van der Waals surface area contributed by atoms with Crippen LogP contribution in [0.15, 0.2) is 49.6 Å². The molecule has 3 amide bonds. The van der Waals surface area contributed by atoms with Gasteiger partial charge in [-0.05, 0) is 50.5 Å². The molecule has 8 nitrogen and oxygen atoms in total. The van der Waals surface area contributed by atoms with Crippen molar-refractivity contribution in [2.75, 3.05) is 38.8 Å². The van der Waals surface area contributed by atoms with Crippen molar-refractivity contribution in [2.45, 2.75) is 54.7 Å². The van der Waals surface area contributed by atoms with Crippen LogP contribution in [-0.2, 0) is 14.4 Å². The summed E-state index contributed by atoms with van der Waals surface area (Å²) in [6, 6.07) is 5.89. The topological polar surface area (TPSA) is 90.4 Å². The quantitative estimate of drug-likeness (QED) is 0.433. The highest BCUT2D eigenvalue weighted by Crippen LogP contribution is 2.72. The molecule has 3 saturated heterocycles. The molecule has 206 valence electrons. The van der Waals surface area contributed by atoms with E-state index >= 15 is 0 Å². The van der Waals surface area contributed by atoms with Gasteiger partial charge in [-0.3, -0.25) is 14.4 Å². The van der Waals surface area contributed by atoms with Crippen LogP contribution in [0.25, 0.3) is 0 Å². The standard InChI is InChI=1S/C29H39N3O5S/c1-7-16-30(5)25(34)22-23-26(35)32(19(9-3)18-33)24(29(23)15-14-28(22,4)38-29)27(36)31(17-8-2)20-10-12-21(37-6)13-11-20/h7-8,10-13,19,22-24,33H,1-2,9,14-18H2,3-6H3/t19-,22-,23-,24?,28+,29?/m0/s1. The van der Waals surface area contributed by atoms with Gasteiger partial charge in [-0.25, -0.2) is 0 Å². The van der Waals surface area contributed by atoms with Crippen LogP contribution < -0.4 is 9.64 Å². The van der Waals surface area contributed by atoms with E-state index in [0.717, 1.165) is 6.42 Å². The Kier molecular flexibility index (Phi) is 8.00. The van der Waals surface area contributed by atoms with Gasteiger partial charge in [0.2, 0.25) is 11.8 Å². The fourth-order valence-corrected chi connectivity index (χ4v) is 9.04. The number of carbonyl (C=O) groups is 3. The Bertz CT molecular complexity index is 1110. The highest BCUT2D eigenvalue weighted by atomic mass is 32.2. The van der Waals surface area contributed by atoms with E-state index in [1.807, 2.05) is 19.1 Å². The summed E-state index contributed by atoms with van der Waals surface area (Å²) in [4.78, 5) is 47.5. The molecule has 2 unspecified atom stereocenters.